The molecular weight excluding hydrogens is 232 g/mol. The first-order valence-electron chi connectivity index (χ1n) is 5.32. The van der Waals surface area contributed by atoms with Gasteiger partial charge in [-0.25, -0.2) is 4.79 Å². The maximum atomic E-state index is 11.4. The van der Waals surface area contributed by atoms with Crippen LogP contribution in [-0.4, -0.2) is 36.6 Å². The molecule has 0 saturated heterocycles. The van der Waals surface area contributed by atoms with E-state index >= 15 is 0 Å². The van der Waals surface area contributed by atoms with E-state index in [1.54, 1.807) is 7.11 Å². The first kappa shape index (κ1) is 13.3. The number of urea groups is 1. The third-order valence-electron chi connectivity index (χ3n) is 2.67. The number of carbonyl (C=O) groups is 2. The van der Waals surface area contributed by atoms with E-state index in [0.29, 0.717) is 0 Å². The van der Waals surface area contributed by atoms with Crippen LogP contribution in [0, 0.1) is 0 Å². The molecule has 1 saturated carbocycles. The molecule has 0 aromatic heterocycles. The van der Waals surface area contributed by atoms with E-state index in [2.05, 4.69) is 10.6 Å². The van der Waals surface area contributed by atoms with Crippen molar-refractivity contribution >= 4 is 23.5 Å². The lowest BCUT2D eigenvalue weighted by Gasteiger charge is -2.19. The van der Waals surface area contributed by atoms with Gasteiger partial charge in [-0.1, -0.05) is 0 Å². The van der Waals surface area contributed by atoms with Crippen molar-refractivity contribution in [1.29, 1.82) is 0 Å². The minimum Gasteiger partial charge on any atom is -0.379 e. The van der Waals surface area contributed by atoms with Gasteiger partial charge in [0.05, 0.1) is 12.1 Å². The molecule has 6 heteroatoms. The second-order valence-electron chi connectivity index (χ2n) is 3.89. The van der Waals surface area contributed by atoms with Crippen LogP contribution in [0.5, 0.6) is 0 Å². The summed E-state index contributed by atoms with van der Waals surface area (Å²) in [7, 11) is 1.62. The van der Waals surface area contributed by atoms with E-state index < -0.39 is 17.3 Å². The summed E-state index contributed by atoms with van der Waals surface area (Å²) in [5, 5.41) is 4.17. The molecule has 3 unspecified atom stereocenters. The normalized spacial score (nSPS) is 26.2. The van der Waals surface area contributed by atoms with Gasteiger partial charge in [0.25, 0.3) is 0 Å². The van der Waals surface area contributed by atoms with E-state index in [4.69, 9.17) is 16.3 Å². The number of halogens is 1. The van der Waals surface area contributed by atoms with Crippen molar-refractivity contribution in [2.24, 2.45) is 0 Å². The van der Waals surface area contributed by atoms with Gasteiger partial charge in [-0.2, -0.15) is 0 Å². The standard InChI is InChI=1S/C10H17ClN2O3/c1-6(11)9(14)13-10(15)12-7-4-3-5-8(7)16-2/h6-8H,3-5H2,1-2H3,(H2,12,13,14,15). The number of rotatable bonds is 3. The van der Waals surface area contributed by atoms with Crippen molar-refractivity contribution < 1.29 is 14.3 Å². The number of hydrogen-bond donors (Lipinski definition) is 2. The van der Waals surface area contributed by atoms with E-state index in [1.807, 2.05) is 0 Å². The second kappa shape index (κ2) is 6.06. The van der Waals surface area contributed by atoms with Gasteiger partial charge < -0.3 is 10.1 Å². The smallest absolute Gasteiger partial charge is 0.321 e. The summed E-state index contributed by atoms with van der Waals surface area (Å²) in [5.41, 5.74) is 0. The Kier molecular flexibility index (Phi) is 5.02. The van der Waals surface area contributed by atoms with Gasteiger partial charge in [0.1, 0.15) is 5.38 Å². The van der Waals surface area contributed by atoms with Gasteiger partial charge in [-0.3, -0.25) is 10.1 Å². The van der Waals surface area contributed by atoms with Gasteiger partial charge in [0, 0.05) is 7.11 Å². The van der Waals surface area contributed by atoms with Crippen molar-refractivity contribution in [1.82, 2.24) is 10.6 Å². The summed E-state index contributed by atoms with van der Waals surface area (Å²) in [6.07, 6.45) is 2.86. The van der Waals surface area contributed by atoms with Crippen molar-refractivity contribution in [3.8, 4) is 0 Å². The zero-order valence-corrected chi connectivity index (χ0v) is 10.2. The minimum atomic E-state index is -0.715. The molecule has 1 rings (SSSR count). The molecule has 3 atom stereocenters. The molecule has 0 aromatic carbocycles. The van der Waals surface area contributed by atoms with Crippen LogP contribution in [0.15, 0.2) is 0 Å². The summed E-state index contributed by atoms with van der Waals surface area (Å²) in [4.78, 5) is 22.6. The highest BCUT2D eigenvalue weighted by Gasteiger charge is 2.28. The molecule has 2 N–H and O–H groups in total. The molecule has 1 aliphatic rings. The average Bonchev–Trinajstić information content (AvgIpc) is 2.64. The van der Waals surface area contributed by atoms with Crippen LogP contribution >= 0.6 is 11.6 Å². The maximum absolute atomic E-state index is 11.4. The predicted molar refractivity (Wildman–Crippen MR) is 60.4 cm³/mol. The van der Waals surface area contributed by atoms with Crippen LogP contribution in [0.3, 0.4) is 0 Å². The number of hydrogen-bond acceptors (Lipinski definition) is 3. The van der Waals surface area contributed by atoms with Crippen LogP contribution in [0.1, 0.15) is 26.2 Å². The number of imide groups is 1. The number of methoxy groups -OCH3 is 1. The van der Waals surface area contributed by atoms with Gasteiger partial charge in [0.15, 0.2) is 0 Å². The highest BCUT2D eigenvalue weighted by atomic mass is 35.5. The Hall–Kier alpha value is -0.810. The summed E-state index contributed by atoms with van der Waals surface area (Å²) in [6.45, 7) is 1.51. The Morgan fingerprint density at radius 2 is 2.12 bits per heavy atom. The monoisotopic (exact) mass is 248 g/mol. The molecule has 1 fully saturated rings. The molecule has 16 heavy (non-hydrogen) atoms. The first-order chi connectivity index (χ1) is 7.54. The van der Waals surface area contributed by atoms with Crippen molar-refractivity contribution in [3.63, 3.8) is 0 Å². The number of amides is 3. The largest absolute Gasteiger partial charge is 0.379 e. The number of ether oxygens (including phenoxy) is 1. The van der Waals surface area contributed by atoms with E-state index in [0.717, 1.165) is 19.3 Å². The average molecular weight is 249 g/mol. The number of carbonyl (C=O) groups excluding carboxylic acids is 2. The van der Waals surface area contributed by atoms with Gasteiger partial charge in [-0.05, 0) is 26.2 Å². The zero-order chi connectivity index (χ0) is 12.1. The molecule has 0 radical (unpaired) electrons. The molecule has 0 heterocycles. The molecule has 92 valence electrons. The maximum Gasteiger partial charge on any atom is 0.321 e. The van der Waals surface area contributed by atoms with Crippen molar-refractivity contribution in [2.45, 2.75) is 43.7 Å². The van der Waals surface area contributed by atoms with Gasteiger partial charge >= 0.3 is 6.03 Å². The fraction of sp³-hybridized carbons (Fsp3) is 0.800. The third-order valence-corrected chi connectivity index (χ3v) is 2.87. The molecule has 5 nitrogen and oxygen atoms in total. The first-order valence-corrected chi connectivity index (χ1v) is 5.76. The minimum absolute atomic E-state index is 0.0246. The SMILES string of the molecule is COC1CCCC1NC(=O)NC(=O)C(C)Cl. The Balaban J connectivity index is 2.36. The Morgan fingerprint density at radius 3 is 2.69 bits per heavy atom. The molecule has 0 spiro atoms. The highest BCUT2D eigenvalue weighted by Crippen LogP contribution is 2.21. The molecular formula is C10H17ClN2O3. The molecule has 0 aromatic rings. The Labute approximate surface area is 99.9 Å². The number of nitrogens with one attached hydrogen (secondary N) is 2. The van der Waals surface area contributed by atoms with Crippen molar-refractivity contribution in [3.05, 3.63) is 0 Å². The van der Waals surface area contributed by atoms with Crippen molar-refractivity contribution in [2.75, 3.05) is 7.11 Å². The highest BCUT2D eigenvalue weighted by molar-refractivity contribution is 6.31. The Morgan fingerprint density at radius 1 is 1.44 bits per heavy atom. The lowest BCUT2D eigenvalue weighted by Crippen LogP contribution is -2.48. The van der Waals surface area contributed by atoms with Gasteiger partial charge in [0.2, 0.25) is 5.91 Å². The summed E-state index contributed by atoms with van der Waals surface area (Å²) in [6, 6.07) is -0.533. The quantitative estimate of drug-likeness (QED) is 0.733. The molecule has 1 aliphatic carbocycles. The molecule has 3 amide bonds. The summed E-state index contributed by atoms with van der Waals surface area (Å²) in [5.74, 6) is -0.494. The van der Waals surface area contributed by atoms with Crippen LogP contribution < -0.4 is 10.6 Å². The summed E-state index contributed by atoms with van der Waals surface area (Å²) >= 11 is 5.53. The summed E-state index contributed by atoms with van der Waals surface area (Å²) < 4.78 is 5.22. The van der Waals surface area contributed by atoms with E-state index in [9.17, 15) is 9.59 Å². The van der Waals surface area contributed by atoms with Gasteiger partial charge in [-0.15, -0.1) is 11.6 Å². The lowest BCUT2D eigenvalue weighted by atomic mass is 10.2. The van der Waals surface area contributed by atoms with Crippen LogP contribution in [0.4, 0.5) is 4.79 Å². The predicted octanol–water partition coefficient (Wildman–Crippen LogP) is 1.01. The third kappa shape index (κ3) is 3.64. The fourth-order valence-electron chi connectivity index (χ4n) is 1.79. The topological polar surface area (TPSA) is 67.4 Å². The van der Waals surface area contributed by atoms with Crippen LogP contribution in [0.25, 0.3) is 0 Å². The Bertz CT molecular complexity index is 271. The fourth-order valence-corrected chi connectivity index (χ4v) is 1.84. The number of alkyl halides is 1. The van der Waals surface area contributed by atoms with E-state index in [1.165, 1.54) is 6.92 Å². The molecule has 0 aliphatic heterocycles. The zero-order valence-electron chi connectivity index (χ0n) is 9.46. The van der Waals surface area contributed by atoms with Crippen LogP contribution in [-0.2, 0) is 9.53 Å². The van der Waals surface area contributed by atoms with Crippen LogP contribution in [0.2, 0.25) is 0 Å². The second-order valence-corrected chi connectivity index (χ2v) is 4.54. The van der Waals surface area contributed by atoms with E-state index in [-0.39, 0.29) is 12.1 Å². The lowest BCUT2D eigenvalue weighted by molar-refractivity contribution is -0.119. The molecule has 0 bridgehead atoms.